The number of ether oxygens (including phenoxy) is 6. The van der Waals surface area contributed by atoms with Crippen LogP contribution in [0.15, 0.2) is 0 Å². The van der Waals surface area contributed by atoms with E-state index in [4.69, 9.17) is 50.6 Å². The number of aliphatic hydroxyl groups excluding tert-OH is 1. The summed E-state index contributed by atoms with van der Waals surface area (Å²) in [7, 11) is -5.22. The molecule has 388 valence electrons. The SMILES string of the molecule is CCCCN.CCCCN(C)C.CCCCOCCOCCOCCOCCOCCOCC(O)CC.C[Si](C)(C)O[Si](C)(C)O[Si](C)(C)C.C[Si](C)(C)O[Si](C)(C)O[Si](C)(C)C. The molecule has 0 aromatic carbocycles. The largest absolute Gasteiger partial charge is 0.437 e. The van der Waals surface area contributed by atoms with Gasteiger partial charge in [0.25, 0.3) is 0 Å². The van der Waals surface area contributed by atoms with Gasteiger partial charge < -0.3 is 60.6 Å². The van der Waals surface area contributed by atoms with Gasteiger partial charge in [0.1, 0.15) is 0 Å². The molecule has 0 aromatic rings. The Labute approximate surface area is 399 Å². The molecule has 0 heterocycles. The molecule has 63 heavy (non-hydrogen) atoms. The van der Waals surface area contributed by atoms with Crippen molar-refractivity contribution in [2.24, 2.45) is 5.73 Å². The van der Waals surface area contributed by atoms with Crippen LogP contribution in [0, 0.1) is 0 Å². The summed E-state index contributed by atoms with van der Waals surface area (Å²) in [6.45, 7) is 52.5. The van der Waals surface area contributed by atoms with Crippen molar-refractivity contribution in [3.8, 4) is 0 Å². The second kappa shape index (κ2) is 44.0. The molecular weight excluding hydrogens is 901 g/mol. The summed E-state index contributed by atoms with van der Waals surface area (Å²) in [6.07, 6.45) is 7.60. The Kier molecular flexibility index (Phi) is 50.8. The molecule has 13 nitrogen and oxygen atoms in total. The van der Waals surface area contributed by atoms with E-state index in [2.05, 4.69) is 145 Å². The topological polar surface area (TPSA) is 142 Å². The molecule has 0 aliphatic heterocycles. The van der Waals surface area contributed by atoms with E-state index in [1.807, 2.05) is 6.92 Å². The fourth-order valence-electron chi connectivity index (χ4n) is 5.35. The van der Waals surface area contributed by atoms with Gasteiger partial charge in [0, 0.05) is 6.61 Å². The van der Waals surface area contributed by atoms with Crippen molar-refractivity contribution in [2.75, 3.05) is 106 Å². The first-order chi connectivity index (χ1) is 28.8. The highest BCUT2D eigenvalue weighted by atomic mass is 28.5. The number of aliphatic hydroxyl groups is 1. The van der Waals surface area contributed by atoms with Crippen molar-refractivity contribution in [1.82, 2.24) is 4.90 Å². The smallest absolute Gasteiger partial charge is 0.311 e. The quantitative estimate of drug-likeness (QED) is 0.0467. The summed E-state index contributed by atoms with van der Waals surface area (Å²) in [4.78, 5) is 2.21. The zero-order valence-electron chi connectivity index (χ0n) is 46.0. The molecule has 0 bridgehead atoms. The van der Waals surface area contributed by atoms with Crippen LogP contribution in [0.2, 0.25) is 105 Å². The van der Waals surface area contributed by atoms with Gasteiger partial charge in [-0.2, -0.15) is 0 Å². The minimum absolute atomic E-state index is 0.364. The predicted octanol–water partition coefficient (Wildman–Crippen LogP) is 10.5. The highest BCUT2D eigenvalue weighted by molar-refractivity contribution is 6.87. The first-order valence-corrected chi connectivity index (χ1v) is 43.4. The van der Waals surface area contributed by atoms with Gasteiger partial charge >= 0.3 is 17.1 Å². The Bertz CT molecular complexity index is 858. The van der Waals surface area contributed by atoms with Crippen molar-refractivity contribution in [2.45, 2.75) is 183 Å². The number of unbranched alkanes of at least 4 members (excludes halogenated alkanes) is 3. The maximum atomic E-state index is 9.29. The van der Waals surface area contributed by atoms with Crippen molar-refractivity contribution in [1.29, 1.82) is 0 Å². The third-order valence-electron chi connectivity index (χ3n) is 7.01. The Hall–Kier alpha value is 0.781. The summed E-state index contributed by atoms with van der Waals surface area (Å²) in [6, 6.07) is 0. The van der Waals surface area contributed by atoms with E-state index < -0.39 is 50.4 Å². The summed E-state index contributed by atoms with van der Waals surface area (Å²) in [5.41, 5.74) is 5.14. The minimum Gasteiger partial charge on any atom is -0.437 e. The number of nitrogens with two attached hydrogens (primary N) is 1. The molecule has 3 N–H and O–H groups in total. The number of hydrogen-bond donors (Lipinski definition) is 2. The molecule has 19 heteroatoms. The van der Waals surface area contributed by atoms with Crippen LogP contribution in [-0.2, 0) is 44.9 Å². The molecule has 1 atom stereocenters. The number of hydrogen-bond acceptors (Lipinski definition) is 13. The summed E-state index contributed by atoms with van der Waals surface area (Å²) >= 11 is 0. The molecule has 0 rings (SSSR count). The van der Waals surface area contributed by atoms with Crippen LogP contribution in [0.4, 0.5) is 0 Å². The first-order valence-electron chi connectivity index (χ1n) is 24.1. The maximum absolute atomic E-state index is 9.29. The van der Waals surface area contributed by atoms with E-state index in [0.717, 1.165) is 26.0 Å². The lowest BCUT2D eigenvalue weighted by Gasteiger charge is -2.35. The summed E-state index contributed by atoms with van der Waals surface area (Å²) in [5, 5.41) is 9.29. The van der Waals surface area contributed by atoms with Crippen LogP contribution in [-0.4, -0.2) is 173 Å². The van der Waals surface area contributed by atoms with E-state index in [0.29, 0.717) is 79.1 Å². The third-order valence-corrected chi connectivity index (χ3v) is 24.7. The monoisotopic (exact) mass is 1010 g/mol. The van der Waals surface area contributed by atoms with Crippen molar-refractivity contribution in [3.63, 3.8) is 0 Å². The van der Waals surface area contributed by atoms with Gasteiger partial charge in [0.15, 0.2) is 33.3 Å². The van der Waals surface area contributed by atoms with E-state index in [-0.39, 0.29) is 6.10 Å². The van der Waals surface area contributed by atoms with Gasteiger partial charge in [-0.05, 0) is 158 Å². The maximum Gasteiger partial charge on any atom is 0.311 e. The number of nitrogens with zero attached hydrogens (tertiary/aromatic N) is 1. The normalized spacial score (nSPS) is 12.9. The number of rotatable bonds is 34. The van der Waals surface area contributed by atoms with Crippen LogP contribution in [0.3, 0.4) is 0 Å². The second-order valence-electron chi connectivity index (χ2n) is 20.5. The summed E-state index contributed by atoms with van der Waals surface area (Å²) in [5.74, 6) is 0. The second-order valence-corrected chi connectivity index (χ2v) is 46.3. The molecule has 0 saturated heterocycles. The van der Waals surface area contributed by atoms with Gasteiger partial charge in [-0.3, -0.25) is 0 Å². The fourth-order valence-corrected chi connectivity index (χ4v) is 30.0. The minimum atomic E-state index is -1.85. The average Bonchev–Trinajstić information content (AvgIpc) is 3.08. The first kappa shape index (κ1) is 72.8. The fraction of sp³-hybridized carbons (Fsp3) is 1.00. The Morgan fingerprint density at radius 3 is 0.873 bits per heavy atom. The summed E-state index contributed by atoms with van der Waals surface area (Å²) < 4.78 is 56.5. The van der Waals surface area contributed by atoms with E-state index in [1.165, 1.54) is 32.2 Å². The molecule has 1 unspecified atom stereocenters. The molecule has 0 amide bonds. The predicted molar refractivity (Wildman–Crippen MR) is 286 cm³/mol. The van der Waals surface area contributed by atoms with Crippen LogP contribution < -0.4 is 5.73 Å². The zero-order chi connectivity index (χ0) is 50.1. The Morgan fingerprint density at radius 2 is 0.683 bits per heavy atom. The lowest BCUT2D eigenvalue weighted by Crippen LogP contribution is -2.50. The highest BCUT2D eigenvalue weighted by Gasteiger charge is 2.36. The Morgan fingerprint density at radius 1 is 0.413 bits per heavy atom. The van der Waals surface area contributed by atoms with E-state index in [9.17, 15) is 5.11 Å². The van der Waals surface area contributed by atoms with Crippen LogP contribution >= 0.6 is 0 Å². The molecule has 0 aliphatic rings. The van der Waals surface area contributed by atoms with Crippen LogP contribution in [0.5, 0.6) is 0 Å². The van der Waals surface area contributed by atoms with Gasteiger partial charge in [-0.15, -0.1) is 0 Å². The lowest BCUT2D eigenvalue weighted by atomic mass is 10.3. The van der Waals surface area contributed by atoms with Crippen molar-refractivity contribution < 1.29 is 50.0 Å². The van der Waals surface area contributed by atoms with E-state index >= 15 is 0 Å². The Balaban J connectivity index is -0.000000249. The van der Waals surface area contributed by atoms with Gasteiger partial charge in [-0.25, -0.2) is 0 Å². The van der Waals surface area contributed by atoms with Gasteiger partial charge in [0.2, 0.25) is 0 Å². The zero-order valence-corrected chi connectivity index (χ0v) is 52.0. The van der Waals surface area contributed by atoms with Crippen molar-refractivity contribution in [3.05, 3.63) is 0 Å². The molecule has 0 fully saturated rings. The molecule has 0 saturated carbocycles. The van der Waals surface area contributed by atoms with Crippen LogP contribution in [0.25, 0.3) is 0 Å². The lowest BCUT2D eigenvalue weighted by molar-refractivity contribution is -0.0239. The standard InChI is InChI=1S/C18H38O7.2C8H24O2Si3.C6H15N.C4H11N/c1-3-5-6-20-7-8-21-9-10-22-11-12-23-13-14-24-15-16-25-17-18(19)4-2;2*1-11(2,3)9-13(7,8)10-12(4,5)6;1-4-5-6-7(2)3;1-2-3-4-5/h18-19H,3-17H2,1-2H3;2*1-8H3;4-6H2,1-3H3;2-5H2,1H3. The van der Waals surface area contributed by atoms with Crippen molar-refractivity contribution >= 4 is 50.4 Å². The molecular formula is C44H112N2O11Si6. The molecule has 0 spiro atoms. The van der Waals surface area contributed by atoms with Gasteiger partial charge in [-0.1, -0.05) is 47.0 Å². The molecule has 0 aliphatic carbocycles. The molecule has 0 aromatic heterocycles. The third kappa shape index (κ3) is 80.2. The van der Waals surface area contributed by atoms with Gasteiger partial charge in [0.05, 0.1) is 78.8 Å². The molecule has 0 radical (unpaired) electrons. The highest BCUT2D eigenvalue weighted by Crippen LogP contribution is 2.21. The van der Waals surface area contributed by atoms with Crippen LogP contribution in [0.1, 0.15) is 72.6 Å². The van der Waals surface area contributed by atoms with E-state index in [1.54, 1.807) is 0 Å². The average molecular weight is 1010 g/mol.